The molecular formula is C13H26N2O4S. The summed E-state index contributed by atoms with van der Waals surface area (Å²) in [6.45, 7) is 4.22. The Labute approximate surface area is 121 Å². The highest BCUT2D eigenvalue weighted by Crippen LogP contribution is 2.22. The minimum absolute atomic E-state index is 0.0500. The first kappa shape index (κ1) is 17.4. The molecule has 20 heavy (non-hydrogen) atoms. The molecule has 7 heteroatoms. The minimum atomic E-state index is -3.32. The van der Waals surface area contributed by atoms with Crippen LogP contribution in [0.1, 0.15) is 46.0 Å². The molecule has 2 N–H and O–H groups in total. The van der Waals surface area contributed by atoms with Crippen molar-refractivity contribution in [1.82, 2.24) is 9.62 Å². The first-order valence-electron chi connectivity index (χ1n) is 7.33. The Balaban J connectivity index is 2.62. The Morgan fingerprint density at radius 3 is 2.80 bits per heavy atom. The number of nitrogens with zero attached hydrogens (tertiary/aromatic N) is 1. The Morgan fingerprint density at radius 2 is 2.20 bits per heavy atom. The quantitative estimate of drug-likeness (QED) is 0.682. The van der Waals surface area contributed by atoms with Crippen LogP contribution >= 0.6 is 0 Å². The molecule has 1 aliphatic heterocycles. The molecular weight excluding hydrogens is 280 g/mol. The number of carbonyl (C=O) groups is 1. The third kappa shape index (κ3) is 4.71. The zero-order valence-electron chi connectivity index (χ0n) is 12.3. The summed E-state index contributed by atoms with van der Waals surface area (Å²) >= 11 is 0. The zero-order valence-corrected chi connectivity index (χ0v) is 13.2. The Kier molecular flexibility index (Phi) is 6.91. The van der Waals surface area contributed by atoms with Crippen molar-refractivity contribution >= 4 is 15.9 Å². The number of hydrogen-bond donors (Lipinski definition) is 2. The van der Waals surface area contributed by atoms with E-state index in [1.165, 1.54) is 4.31 Å². The van der Waals surface area contributed by atoms with E-state index in [1.54, 1.807) is 0 Å². The summed E-state index contributed by atoms with van der Waals surface area (Å²) < 4.78 is 25.6. The van der Waals surface area contributed by atoms with E-state index >= 15 is 0 Å². The summed E-state index contributed by atoms with van der Waals surface area (Å²) in [6.07, 6.45) is 3.19. The topological polar surface area (TPSA) is 86.7 Å². The van der Waals surface area contributed by atoms with Crippen LogP contribution < -0.4 is 5.32 Å². The van der Waals surface area contributed by atoms with Crippen molar-refractivity contribution in [2.45, 2.75) is 58.0 Å². The molecule has 1 rings (SSSR count). The molecule has 1 amide bonds. The largest absolute Gasteiger partial charge is 0.396 e. The van der Waals surface area contributed by atoms with Crippen molar-refractivity contribution in [3.63, 3.8) is 0 Å². The highest BCUT2D eigenvalue weighted by molar-refractivity contribution is 7.89. The van der Waals surface area contributed by atoms with Crippen molar-refractivity contribution in [1.29, 1.82) is 0 Å². The Morgan fingerprint density at radius 1 is 1.50 bits per heavy atom. The van der Waals surface area contributed by atoms with E-state index in [2.05, 4.69) is 5.32 Å². The average molecular weight is 306 g/mol. The second kappa shape index (κ2) is 7.95. The summed E-state index contributed by atoms with van der Waals surface area (Å²) in [5.41, 5.74) is 0. The number of rotatable bonds is 8. The first-order valence-corrected chi connectivity index (χ1v) is 8.94. The standard InChI is InChI=1S/C13H26N2O4S/c1-3-10-20(18,19)15-8-4-7-12(15)13(17)14-11(2)6-5-9-16/h11-12,16H,3-10H2,1-2H3,(H,14,17). The van der Waals surface area contributed by atoms with Crippen LogP contribution in [0.15, 0.2) is 0 Å². The number of carbonyl (C=O) groups excluding carboxylic acids is 1. The number of aliphatic hydroxyl groups is 1. The van der Waals surface area contributed by atoms with Gasteiger partial charge in [0.15, 0.2) is 0 Å². The van der Waals surface area contributed by atoms with Gasteiger partial charge in [-0.05, 0) is 39.0 Å². The van der Waals surface area contributed by atoms with Gasteiger partial charge in [-0.1, -0.05) is 6.92 Å². The molecule has 0 radical (unpaired) electrons. The van der Waals surface area contributed by atoms with Crippen LogP contribution in [0.4, 0.5) is 0 Å². The van der Waals surface area contributed by atoms with Gasteiger partial charge >= 0.3 is 0 Å². The third-order valence-electron chi connectivity index (χ3n) is 3.51. The van der Waals surface area contributed by atoms with Gasteiger partial charge in [0.25, 0.3) is 0 Å². The molecule has 0 aromatic heterocycles. The van der Waals surface area contributed by atoms with Gasteiger partial charge in [0.05, 0.1) is 5.75 Å². The number of nitrogens with one attached hydrogen (secondary N) is 1. The Bertz CT molecular complexity index is 411. The fraction of sp³-hybridized carbons (Fsp3) is 0.923. The lowest BCUT2D eigenvalue weighted by atomic mass is 10.1. The van der Waals surface area contributed by atoms with Gasteiger partial charge in [0.1, 0.15) is 6.04 Å². The predicted octanol–water partition coefficient (Wildman–Crippen LogP) is 0.468. The monoisotopic (exact) mass is 306 g/mol. The van der Waals surface area contributed by atoms with E-state index in [1.807, 2.05) is 13.8 Å². The Hall–Kier alpha value is -0.660. The normalized spacial score (nSPS) is 21.9. The molecule has 6 nitrogen and oxygen atoms in total. The van der Waals surface area contributed by atoms with Crippen LogP contribution in [0.2, 0.25) is 0 Å². The molecule has 118 valence electrons. The lowest BCUT2D eigenvalue weighted by molar-refractivity contribution is -0.124. The molecule has 2 unspecified atom stereocenters. The lowest BCUT2D eigenvalue weighted by Crippen LogP contribution is -2.48. The van der Waals surface area contributed by atoms with Crippen molar-refractivity contribution < 1.29 is 18.3 Å². The summed E-state index contributed by atoms with van der Waals surface area (Å²) in [5.74, 6) is -0.121. The average Bonchev–Trinajstić information content (AvgIpc) is 2.86. The lowest BCUT2D eigenvalue weighted by Gasteiger charge is -2.24. The fourth-order valence-electron chi connectivity index (χ4n) is 2.52. The molecule has 1 fully saturated rings. The fourth-order valence-corrected chi connectivity index (χ4v) is 4.27. The molecule has 0 aromatic rings. The molecule has 1 aliphatic rings. The van der Waals surface area contributed by atoms with Crippen LogP contribution in [0.25, 0.3) is 0 Å². The minimum Gasteiger partial charge on any atom is -0.396 e. The van der Waals surface area contributed by atoms with Crippen LogP contribution in [-0.2, 0) is 14.8 Å². The maximum absolute atomic E-state index is 12.2. The van der Waals surface area contributed by atoms with Crippen molar-refractivity contribution in [3.05, 3.63) is 0 Å². The van der Waals surface area contributed by atoms with Crippen LogP contribution in [0, 0.1) is 0 Å². The second-order valence-corrected chi connectivity index (χ2v) is 7.40. The van der Waals surface area contributed by atoms with Crippen molar-refractivity contribution in [2.75, 3.05) is 18.9 Å². The summed E-state index contributed by atoms with van der Waals surface area (Å²) in [5, 5.41) is 11.6. The van der Waals surface area contributed by atoms with Crippen LogP contribution in [0.3, 0.4) is 0 Å². The van der Waals surface area contributed by atoms with Gasteiger partial charge < -0.3 is 10.4 Å². The highest BCUT2D eigenvalue weighted by atomic mass is 32.2. The van der Waals surface area contributed by atoms with E-state index in [4.69, 9.17) is 5.11 Å². The second-order valence-electron chi connectivity index (χ2n) is 5.36. The van der Waals surface area contributed by atoms with Crippen molar-refractivity contribution in [3.8, 4) is 0 Å². The molecule has 1 heterocycles. The van der Waals surface area contributed by atoms with Gasteiger partial charge in [-0.2, -0.15) is 4.31 Å². The van der Waals surface area contributed by atoms with Crippen LogP contribution in [-0.4, -0.2) is 54.7 Å². The van der Waals surface area contributed by atoms with Gasteiger partial charge in [0.2, 0.25) is 15.9 Å². The van der Waals surface area contributed by atoms with Gasteiger partial charge in [-0.15, -0.1) is 0 Å². The summed E-state index contributed by atoms with van der Waals surface area (Å²) in [7, 11) is -3.32. The molecule has 1 saturated heterocycles. The molecule has 0 aromatic carbocycles. The van der Waals surface area contributed by atoms with E-state index in [-0.39, 0.29) is 24.3 Å². The smallest absolute Gasteiger partial charge is 0.238 e. The SMILES string of the molecule is CCCS(=O)(=O)N1CCCC1C(=O)NC(C)CCCO. The van der Waals surface area contributed by atoms with Crippen LogP contribution in [0.5, 0.6) is 0 Å². The van der Waals surface area contributed by atoms with E-state index in [9.17, 15) is 13.2 Å². The summed E-state index contributed by atoms with van der Waals surface area (Å²) in [6, 6.07) is -0.617. The van der Waals surface area contributed by atoms with Gasteiger partial charge in [-0.25, -0.2) is 8.42 Å². The molecule has 0 bridgehead atoms. The molecule has 0 spiro atoms. The predicted molar refractivity (Wildman–Crippen MR) is 77.7 cm³/mol. The van der Waals surface area contributed by atoms with Gasteiger partial charge in [-0.3, -0.25) is 4.79 Å². The molecule has 0 saturated carbocycles. The maximum Gasteiger partial charge on any atom is 0.238 e. The highest BCUT2D eigenvalue weighted by Gasteiger charge is 2.38. The number of amides is 1. The van der Waals surface area contributed by atoms with E-state index in [0.29, 0.717) is 32.2 Å². The first-order chi connectivity index (χ1) is 9.42. The van der Waals surface area contributed by atoms with E-state index in [0.717, 1.165) is 6.42 Å². The van der Waals surface area contributed by atoms with E-state index < -0.39 is 16.1 Å². The number of hydrogen-bond acceptors (Lipinski definition) is 4. The molecule has 0 aliphatic carbocycles. The zero-order chi connectivity index (χ0) is 15.2. The summed E-state index contributed by atoms with van der Waals surface area (Å²) in [4.78, 5) is 12.2. The number of aliphatic hydroxyl groups excluding tert-OH is 1. The van der Waals surface area contributed by atoms with Crippen molar-refractivity contribution in [2.24, 2.45) is 0 Å². The van der Waals surface area contributed by atoms with Gasteiger partial charge in [0, 0.05) is 19.2 Å². The number of sulfonamides is 1. The maximum atomic E-state index is 12.2. The third-order valence-corrected chi connectivity index (χ3v) is 5.59. The molecule has 2 atom stereocenters.